The van der Waals surface area contributed by atoms with E-state index in [0.717, 1.165) is 40.2 Å². The van der Waals surface area contributed by atoms with E-state index in [-0.39, 0.29) is 11.1 Å². The van der Waals surface area contributed by atoms with Crippen molar-refractivity contribution in [2.75, 3.05) is 0 Å². The van der Waals surface area contributed by atoms with Crippen LogP contribution in [0.4, 0.5) is 0 Å². The molecule has 0 saturated carbocycles. The number of allylic oxidation sites excluding steroid dienone is 3. The molecule has 13 heterocycles. The molecule has 14 aliphatic rings. The second kappa shape index (κ2) is 20.7. The van der Waals surface area contributed by atoms with Crippen molar-refractivity contribution >= 4 is 88.2 Å². The number of nitrogens with zero attached hydrogens (tertiary/aromatic N) is 8. The first-order valence-corrected chi connectivity index (χ1v) is 57.5. The molecule has 12 bridgehead atoms. The molecule has 6 atom stereocenters. The van der Waals surface area contributed by atoms with Gasteiger partial charge in [0.25, 0.3) is 0 Å². The fourth-order valence-corrected chi connectivity index (χ4v) is 228. The summed E-state index contributed by atoms with van der Waals surface area (Å²) in [6.07, 6.45) is 8.74. The number of hydrogen-bond donors (Lipinski definition) is 0. The normalized spacial score (nSPS) is 28.7. The molecule has 0 N–H and O–H groups in total. The third-order valence-electron chi connectivity index (χ3n) is 26.7. The minimum atomic E-state index is -5.83. The molecule has 3 saturated heterocycles. The van der Waals surface area contributed by atoms with E-state index < -0.39 is 99.3 Å². The number of rotatable bonds is 4. The molecular formula is C90H116N8O4Si6. The van der Waals surface area contributed by atoms with Gasteiger partial charge >= 0.3 is 652 Å². The zero-order chi connectivity index (χ0) is 77.5. The van der Waals surface area contributed by atoms with E-state index in [1.165, 1.54) is 71.4 Å². The van der Waals surface area contributed by atoms with Gasteiger partial charge in [0.1, 0.15) is 0 Å². The summed E-state index contributed by atoms with van der Waals surface area (Å²) in [5.74, 6) is 8.39. The Hall–Kier alpha value is -7.28. The first-order chi connectivity index (χ1) is 50.0. The first kappa shape index (κ1) is 72.3. The Bertz CT molecular complexity index is 5380. The molecule has 7 aromatic rings. The molecule has 13 aliphatic heterocycles. The third kappa shape index (κ3) is 7.58. The van der Waals surface area contributed by atoms with Gasteiger partial charge in [0.05, 0.1) is 0 Å². The first-order valence-electron chi connectivity index (χ1n) is 40.0. The van der Waals surface area contributed by atoms with Crippen LogP contribution in [0, 0.1) is 0 Å². The van der Waals surface area contributed by atoms with Gasteiger partial charge in [-0.25, -0.2) is 0 Å². The Labute approximate surface area is 647 Å². The fourth-order valence-electron chi connectivity index (χ4n) is 25.3. The van der Waals surface area contributed by atoms with Crippen molar-refractivity contribution in [3.05, 3.63) is 227 Å². The Morgan fingerprint density at radius 3 is 1.31 bits per heavy atom. The van der Waals surface area contributed by atoms with Crippen molar-refractivity contribution in [1.82, 2.24) is 18.3 Å². The molecule has 0 amide bonds. The molecular weight excluding hydrogens is 1430 g/mol. The van der Waals surface area contributed by atoms with Gasteiger partial charge in [0, 0.05) is 0 Å². The van der Waals surface area contributed by atoms with Crippen molar-refractivity contribution in [3.63, 3.8) is 0 Å². The molecule has 564 valence electrons. The van der Waals surface area contributed by atoms with E-state index in [2.05, 4.69) is 403 Å². The Kier molecular flexibility index (Phi) is 13.8. The Morgan fingerprint density at radius 2 is 0.880 bits per heavy atom. The van der Waals surface area contributed by atoms with Crippen molar-refractivity contribution < 1.29 is 26.2 Å². The second-order valence-corrected chi connectivity index (χ2v) is 92.9. The van der Waals surface area contributed by atoms with Gasteiger partial charge in [-0.15, -0.1) is 0 Å². The van der Waals surface area contributed by atoms with E-state index in [1.807, 2.05) is 0 Å². The Balaban J connectivity index is 1.28. The van der Waals surface area contributed by atoms with E-state index in [0.29, 0.717) is 0 Å². The van der Waals surface area contributed by atoms with Crippen LogP contribution in [0.3, 0.4) is 0 Å². The van der Waals surface area contributed by atoms with Crippen LogP contribution in [-0.4, -0.2) is 139 Å². The van der Waals surface area contributed by atoms with Gasteiger partial charge in [0.2, 0.25) is 0 Å². The molecule has 108 heavy (non-hydrogen) atoms. The van der Waals surface area contributed by atoms with Crippen LogP contribution in [0.5, 0.6) is 23.0 Å². The average Bonchev–Trinajstić information content (AvgIpc) is 0.543. The minimum absolute atomic E-state index is 0.224. The maximum atomic E-state index is 10.9. The number of amidine groups is 4. The maximum absolute atomic E-state index is 10.9. The molecule has 12 nitrogen and oxygen atoms in total. The monoisotopic (exact) mass is 1540 g/mol. The molecule has 7 aromatic carbocycles. The van der Waals surface area contributed by atoms with Crippen LogP contribution in [0.1, 0.15) is 233 Å². The number of aliphatic imine (C=N–C) groups is 2. The quantitative estimate of drug-likeness (QED) is 0.0746. The van der Waals surface area contributed by atoms with Gasteiger partial charge in [-0.3, -0.25) is 0 Å². The third-order valence-corrected chi connectivity index (χ3v) is 143. The number of benzene rings is 7. The van der Waals surface area contributed by atoms with E-state index in [1.54, 1.807) is 0 Å². The summed E-state index contributed by atoms with van der Waals surface area (Å²) in [5.41, 5.74) is 2.98. The molecule has 0 radical (unpaired) electrons. The summed E-state index contributed by atoms with van der Waals surface area (Å²) in [4.78, 5) is 13.0. The van der Waals surface area contributed by atoms with Crippen LogP contribution in [-0.2, 0) is 19.1 Å². The molecule has 0 aromatic heterocycles. The summed E-state index contributed by atoms with van der Waals surface area (Å²) in [5, 5.41) is 5.01. The molecule has 18 heteroatoms. The van der Waals surface area contributed by atoms with E-state index >= 15 is 0 Å². The SMILES string of the molecule is CC(C)(C)N=C(c1ccccc1)N(C(C)(C)C)[Si@@]12O[Si-]3(c4cccc5c4Oc4c(cccc41)C5(C)C)(N(C(C)(C)C)C(c1ccccc1)=[N+]3C(C)(C)C)[Si@]21[C@@H]2C=C[C@H]3C(=C2)C(=NC(C)(C)C)N(C(C)(C)C)[Si@@]24O[Si-]5(c6cccc7c6Oc6c(cccc62)C7(C)C)(N(C(C)(C)C)C(c2ccccc2)=[N+]5C(C)(C)C)[Si@@]314. The van der Waals surface area contributed by atoms with E-state index in [4.69, 9.17) is 19.5 Å². The Morgan fingerprint density at radius 1 is 0.454 bits per heavy atom. The summed E-state index contributed by atoms with van der Waals surface area (Å²) in [7, 11) is -20.8. The van der Waals surface area contributed by atoms with Crippen molar-refractivity contribution in [1.29, 1.82) is 0 Å². The number of para-hydroxylation sites is 4. The second-order valence-electron chi connectivity index (χ2n) is 42.4. The van der Waals surface area contributed by atoms with Crippen LogP contribution in [0.2, 0.25) is 11.1 Å². The molecule has 1 aliphatic carbocycles. The van der Waals surface area contributed by atoms with Gasteiger partial charge in [-0.05, 0) is 0 Å². The summed E-state index contributed by atoms with van der Waals surface area (Å²) in [6.45, 7) is 60.6. The molecule has 21 rings (SSSR count). The van der Waals surface area contributed by atoms with Crippen LogP contribution in [0.15, 0.2) is 198 Å². The van der Waals surface area contributed by atoms with Gasteiger partial charge in [-0.2, -0.15) is 0 Å². The number of ether oxygens (including phenoxy) is 2. The summed E-state index contributed by atoms with van der Waals surface area (Å²) in [6, 6.07) is 64.5. The van der Waals surface area contributed by atoms with Crippen molar-refractivity contribution in [2.45, 2.75) is 260 Å². The van der Waals surface area contributed by atoms with Crippen LogP contribution < -0.4 is 30.2 Å². The fraction of sp³-hybridized carbons (Fsp3) is 0.444. The standard InChI is InChI=1S/C90H116N8O4Si6/c1-81(2,3)91-77(59-42-32-29-33-43-59)93(83(7,8)9)103-69-52-38-48-64-73(69)99-75-66(89(64,25)26)50-40-54-71(75)107(101-103,95(85(13,14)15)79(96(107)86(16,17)18)60-44-34-30-35-45-60)105(103)62-56-57-68-63(58-62)78(92-82(4,5)6)94(84(10,11)12)104-70-53-39-49-65-74(70)100-76-67(90(65,27)28)51-41-55-72(76)108(102-104,106(68,104)105)97(87(19,20)21)80(98(108)88(22,23)24)61-46-36-31-37-47-61/h29-58,62,68H,1-28H3/t62-,68+,103-,104-,105-,106-/m1/s1. The van der Waals surface area contributed by atoms with Crippen LogP contribution in [0.25, 0.3) is 0 Å². The van der Waals surface area contributed by atoms with Gasteiger partial charge in [-0.1, -0.05) is 0 Å². The number of hydrogen-bond acceptors (Lipinski definition) is 8. The van der Waals surface area contributed by atoms with Gasteiger partial charge < -0.3 is 0 Å². The molecule has 5 spiro atoms. The topological polar surface area (TPSA) is 80.6 Å². The predicted octanol–water partition coefficient (Wildman–Crippen LogP) is 16.8. The van der Waals surface area contributed by atoms with Crippen LogP contribution >= 0.6 is 0 Å². The van der Waals surface area contributed by atoms with Gasteiger partial charge in [0.15, 0.2) is 0 Å². The summed E-state index contributed by atoms with van der Waals surface area (Å²) < 4.78 is 57.9. The average molecular weight is 1540 g/mol. The molecule has 0 unspecified atom stereocenters. The summed E-state index contributed by atoms with van der Waals surface area (Å²) >= 11 is 0. The van der Waals surface area contributed by atoms with Crippen molar-refractivity contribution in [3.8, 4) is 23.0 Å². The predicted molar refractivity (Wildman–Crippen MR) is 458 cm³/mol. The zero-order valence-electron chi connectivity index (χ0n) is 69.7. The zero-order valence-corrected chi connectivity index (χ0v) is 75.7. The van der Waals surface area contributed by atoms with E-state index in [9.17, 15) is 8.23 Å². The molecule has 3 fully saturated rings. The van der Waals surface area contributed by atoms with Crippen molar-refractivity contribution in [2.24, 2.45) is 9.98 Å².